The van der Waals surface area contributed by atoms with Crippen molar-refractivity contribution in [2.45, 2.75) is 39.2 Å². The van der Waals surface area contributed by atoms with Crippen LogP contribution < -0.4 is 4.90 Å². The van der Waals surface area contributed by atoms with E-state index in [0.717, 1.165) is 6.42 Å². The van der Waals surface area contributed by atoms with Crippen molar-refractivity contribution >= 4 is 11.4 Å². The minimum atomic E-state index is 0.327. The Bertz CT molecular complexity index is 1100. The van der Waals surface area contributed by atoms with Gasteiger partial charge in [-0.05, 0) is 79.6 Å². The zero-order chi connectivity index (χ0) is 19.8. The third kappa shape index (κ3) is 3.53. The molecule has 5 rings (SSSR count). The first-order valence-corrected chi connectivity index (χ1v) is 10.6. The van der Waals surface area contributed by atoms with Gasteiger partial charge in [0.25, 0.3) is 0 Å². The number of nitrogens with zero attached hydrogens (tertiary/aromatic N) is 1. The minimum absolute atomic E-state index is 0.327. The number of hydrogen-bond acceptors (Lipinski definition) is 1. The molecule has 29 heavy (non-hydrogen) atoms. The van der Waals surface area contributed by atoms with Crippen molar-refractivity contribution in [1.82, 2.24) is 0 Å². The van der Waals surface area contributed by atoms with Crippen molar-refractivity contribution in [1.29, 1.82) is 0 Å². The minimum Gasteiger partial charge on any atom is -0.334 e. The maximum atomic E-state index is 2.48. The summed E-state index contributed by atoms with van der Waals surface area (Å²) in [6, 6.07) is 25.2. The van der Waals surface area contributed by atoms with Gasteiger partial charge in [-0.15, -0.1) is 0 Å². The van der Waals surface area contributed by atoms with Crippen LogP contribution in [0.1, 0.15) is 30.0 Å². The summed E-state index contributed by atoms with van der Waals surface area (Å²) >= 11 is 0. The normalized spacial score (nSPS) is 17.3. The van der Waals surface area contributed by atoms with E-state index in [0.29, 0.717) is 6.04 Å². The van der Waals surface area contributed by atoms with Crippen LogP contribution in [0.15, 0.2) is 90.5 Å². The molecule has 0 spiro atoms. The van der Waals surface area contributed by atoms with Gasteiger partial charge in [0.15, 0.2) is 0 Å². The smallest absolute Gasteiger partial charge is 0.0560 e. The van der Waals surface area contributed by atoms with E-state index < -0.39 is 0 Å². The molecule has 1 atom stereocenters. The lowest BCUT2D eigenvalue weighted by Gasteiger charge is -2.33. The Labute approximate surface area is 174 Å². The largest absolute Gasteiger partial charge is 0.334 e. The van der Waals surface area contributed by atoms with E-state index in [1.165, 1.54) is 57.6 Å². The quantitative estimate of drug-likeness (QED) is 0.466. The Morgan fingerprint density at radius 2 is 1.55 bits per heavy atom. The highest BCUT2D eigenvalue weighted by atomic mass is 15.2. The first-order chi connectivity index (χ1) is 14.2. The standard InChI is InChI=1S/C28H27N/c1-20-6-14-26(15-7-20)29(27-16-8-21(2)9-17-27)28-5-3-4-23(19-28)25-13-11-22-10-12-24(22)18-25/h3-9,11,13-16,18-19,27H,10,12,17H2,1-2H3. The van der Waals surface area contributed by atoms with Gasteiger partial charge in [0.1, 0.15) is 0 Å². The topological polar surface area (TPSA) is 3.24 Å². The maximum absolute atomic E-state index is 2.48. The van der Waals surface area contributed by atoms with Crippen molar-refractivity contribution in [2.75, 3.05) is 4.90 Å². The Balaban J connectivity index is 1.56. The SMILES string of the molecule is CC1=CCC(N(c2ccc(C)cc2)c2cccc(-c3ccc4c(c3)CC4)c2)C=C1. The summed E-state index contributed by atoms with van der Waals surface area (Å²) in [6.07, 6.45) is 10.4. The molecule has 0 aliphatic heterocycles. The molecule has 0 saturated heterocycles. The number of fused-ring (bicyclic) bond motifs is 1. The lowest BCUT2D eigenvalue weighted by Crippen LogP contribution is -2.30. The third-order valence-corrected chi connectivity index (χ3v) is 6.23. The average Bonchev–Trinajstić information content (AvgIpc) is 2.72. The highest BCUT2D eigenvalue weighted by Gasteiger charge is 2.20. The van der Waals surface area contributed by atoms with E-state index in [1.807, 2.05) is 0 Å². The predicted octanol–water partition coefficient (Wildman–Crippen LogP) is 7.17. The molecule has 2 aliphatic rings. The Morgan fingerprint density at radius 1 is 0.759 bits per heavy atom. The molecule has 1 nitrogen and oxygen atoms in total. The summed E-state index contributed by atoms with van der Waals surface area (Å²) < 4.78 is 0. The zero-order valence-electron chi connectivity index (χ0n) is 17.2. The first kappa shape index (κ1) is 18.0. The molecular formula is C28H27N. The lowest BCUT2D eigenvalue weighted by molar-refractivity contribution is 0.779. The van der Waals surface area contributed by atoms with E-state index in [4.69, 9.17) is 0 Å². The molecule has 0 radical (unpaired) electrons. The number of allylic oxidation sites excluding steroid dienone is 2. The molecule has 1 unspecified atom stereocenters. The zero-order valence-corrected chi connectivity index (χ0v) is 17.2. The van der Waals surface area contributed by atoms with Gasteiger partial charge in [-0.3, -0.25) is 0 Å². The number of rotatable bonds is 4. The molecule has 0 saturated carbocycles. The first-order valence-electron chi connectivity index (χ1n) is 10.6. The molecule has 0 aromatic heterocycles. The second-order valence-electron chi connectivity index (χ2n) is 8.35. The van der Waals surface area contributed by atoms with Crippen LogP contribution in [0.25, 0.3) is 11.1 Å². The van der Waals surface area contributed by atoms with Gasteiger partial charge >= 0.3 is 0 Å². The molecule has 144 valence electrons. The Hall–Kier alpha value is -3.06. The molecule has 3 aromatic carbocycles. The van der Waals surface area contributed by atoms with Crippen LogP contribution in [-0.4, -0.2) is 6.04 Å². The van der Waals surface area contributed by atoms with Gasteiger partial charge < -0.3 is 4.90 Å². The molecule has 0 heterocycles. The molecule has 0 fully saturated rings. The number of aryl methyl sites for hydroxylation is 3. The molecule has 3 aromatic rings. The third-order valence-electron chi connectivity index (χ3n) is 6.23. The van der Waals surface area contributed by atoms with Crippen LogP contribution in [0, 0.1) is 6.92 Å². The number of anilines is 2. The van der Waals surface area contributed by atoms with Crippen molar-refractivity contribution in [3.05, 3.63) is 107 Å². The van der Waals surface area contributed by atoms with Crippen molar-refractivity contribution in [3.8, 4) is 11.1 Å². The van der Waals surface area contributed by atoms with E-state index in [-0.39, 0.29) is 0 Å². The van der Waals surface area contributed by atoms with Gasteiger partial charge in [-0.2, -0.15) is 0 Å². The van der Waals surface area contributed by atoms with Crippen LogP contribution in [0.4, 0.5) is 11.4 Å². The van der Waals surface area contributed by atoms with Gasteiger partial charge in [-0.1, -0.05) is 71.8 Å². The van der Waals surface area contributed by atoms with Crippen molar-refractivity contribution in [3.63, 3.8) is 0 Å². The van der Waals surface area contributed by atoms with Gasteiger partial charge in [0.2, 0.25) is 0 Å². The molecule has 2 aliphatic carbocycles. The van der Waals surface area contributed by atoms with E-state index in [9.17, 15) is 0 Å². The average molecular weight is 378 g/mol. The Kier molecular flexibility index (Phi) is 4.60. The lowest BCUT2D eigenvalue weighted by atomic mass is 9.86. The monoisotopic (exact) mass is 377 g/mol. The highest BCUT2D eigenvalue weighted by molar-refractivity contribution is 5.74. The van der Waals surface area contributed by atoms with Gasteiger partial charge in [-0.25, -0.2) is 0 Å². The molecule has 0 bridgehead atoms. The second-order valence-corrected chi connectivity index (χ2v) is 8.35. The fraction of sp³-hybridized carbons (Fsp3) is 0.214. The fourth-order valence-corrected chi connectivity index (χ4v) is 4.35. The van der Waals surface area contributed by atoms with Gasteiger partial charge in [0.05, 0.1) is 6.04 Å². The van der Waals surface area contributed by atoms with E-state index in [1.54, 1.807) is 0 Å². The number of benzene rings is 3. The van der Waals surface area contributed by atoms with E-state index in [2.05, 4.69) is 104 Å². The van der Waals surface area contributed by atoms with Crippen LogP contribution >= 0.6 is 0 Å². The maximum Gasteiger partial charge on any atom is 0.0560 e. The molecule has 0 N–H and O–H groups in total. The molecule has 0 amide bonds. The predicted molar refractivity (Wildman–Crippen MR) is 124 cm³/mol. The summed E-state index contributed by atoms with van der Waals surface area (Å²) in [6.45, 7) is 4.32. The Morgan fingerprint density at radius 3 is 2.24 bits per heavy atom. The number of hydrogen-bond donors (Lipinski definition) is 0. The highest BCUT2D eigenvalue weighted by Crippen LogP contribution is 2.35. The summed E-state index contributed by atoms with van der Waals surface area (Å²) in [5.41, 5.74) is 10.8. The van der Waals surface area contributed by atoms with Gasteiger partial charge in [0, 0.05) is 11.4 Å². The molecule has 1 heteroatoms. The van der Waals surface area contributed by atoms with Crippen LogP contribution in [0.5, 0.6) is 0 Å². The van der Waals surface area contributed by atoms with Crippen LogP contribution in [-0.2, 0) is 12.8 Å². The van der Waals surface area contributed by atoms with Crippen LogP contribution in [0.3, 0.4) is 0 Å². The second kappa shape index (κ2) is 7.40. The van der Waals surface area contributed by atoms with Crippen molar-refractivity contribution in [2.24, 2.45) is 0 Å². The fourth-order valence-electron chi connectivity index (χ4n) is 4.35. The molecular weight excluding hydrogens is 350 g/mol. The van der Waals surface area contributed by atoms with E-state index >= 15 is 0 Å². The summed E-state index contributed by atoms with van der Waals surface area (Å²) in [4.78, 5) is 2.48. The summed E-state index contributed by atoms with van der Waals surface area (Å²) in [5.74, 6) is 0. The van der Waals surface area contributed by atoms with Crippen LogP contribution in [0.2, 0.25) is 0 Å². The van der Waals surface area contributed by atoms with Crippen molar-refractivity contribution < 1.29 is 0 Å². The summed E-state index contributed by atoms with van der Waals surface area (Å²) in [5, 5.41) is 0. The summed E-state index contributed by atoms with van der Waals surface area (Å²) in [7, 11) is 0.